The lowest BCUT2D eigenvalue weighted by molar-refractivity contribution is 0.0993. The maximum absolute atomic E-state index is 13.3. The summed E-state index contributed by atoms with van der Waals surface area (Å²) >= 11 is 1.33. The highest BCUT2D eigenvalue weighted by atomic mass is 32.1. The lowest BCUT2D eigenvalue weighted by Crippen LogP contribution is -2.26. The van der Waals surface area contributed by atoms with Gasteiger partial charge in [0.05, 0.1) is 25.8 Å². The van der Waals surface area contributed by atoms with Crippen molar-refractivity contribution in [2.24, 2.45) is 0 Å². The molecule has 0 spiro atoms. The Balaban J connectivity index is 1.25. The predicted octanol–water partition coefficient (Wildman–Crippen LogP) is 6.22. The number of ether oxygens (including phenoxy) is 3. The number of amides is 1. The highest BCUT2D eigenvalue weighted by Crippen LogP contribution is 2.37. The summed E-state index contributed by atoms with van der Waals surface area (Å²) in [5.41, 5.74) is 3.15. The number of imidazole rings is 1. The summed E-state index contributed by atoms with van der Waals surface area (Å²) in [6.45, 7) is 0.235. The van der Waals surface area contributed by atoms with Crippen LogP contribution in [0, 0.1) is 5.82 Å². The Morgan fingerprint density at radius 1 is 1.07 bits per heavy atom. The largest absolute Gasteiger partial charge is 0.496 e. The molecule has 3 aromatic heterocycles. The Hall–Kier alpha value is -4.90. The number of anilines is 1. The van der Waals surface area contributed by atoms with Crippen molar-refractivity contribution in [2.75, 3.05) is 26.2 Å². The van der Waals surface area contributed by atoms with Gasteiger partial charge < -0.3 is 23.5 Å². The molecule has 0 aliphatic carbocycles. The van der Waals surface area contributed by atoms with Crippen LogP contribution in [0.1, 0.15) is 15.9 Å². The molecule has 3 heterocycles. The van der Waals surface area contributed by atoms with Gasteiger partial charge >= 0.3 is 0 Å². The Bertz CT molecular complexity index is 1810. The molecule has 0 radical (unpaired) electrons. The molecule has 3 aromatic carbocycles. The molecule has 0 saturated heterocycles. The van der Waals surface area contributed by atoms with E-state index in [0.29, 0.717) is 49.9 Å². The Morgan fingerprint density at radius 2 is 1.90 bits per heavy atom. The second-order valence-corrected chi connectivity index (χ2v) is 9.82. The van der Waals surface area contributed by atoms with Crippen molar-refractivity contribution < 1.29 is 27.8 Å². The van der Waals surface area contributed by atoms with Crippen molar-refractivity contribution in [2.45, 2.75) is 6.61 Å². The zero-order valence-corrected chi connectivity index (χ0v) is 22.6. The van der Waals surface area contributed by atoms with E-state index in [4.69, 9.17) is 18.6 Å². The first-order valence-corrected chi connectivity index (χ1v) is 13.0. The van der Waals surface area contributed by atoms with Crippen LogP contribution in [0.25, 0.3) is 27.4 Å². The molecule has 0 atom stereocenters. The van der Waals surface area contributed by atoms with E-state index in [0.717, 1.165) is 10.9 Å². The second-order valence-electron chi connectivity index (χ2n) is 8.90. The molecule has 6 aromatic rings. The van der Waals surface area contributed by atoms with Crippen LogP contribution in [0.5, 0.6) is 16.7 Å². The maximum atomic E-state index is 13.3. The van der Waals surface area contributed by atoms with E-state index in [1.165, 1.54) is 40.5 Å². The summed E-state index contributed by atoms with van der Waals surface area (Å²) in [7, 11) is 4.82. The van der Waals surface area contributed by atoms with Gasteiger partial charge in [-0.25, -0.2) is 13.9 Å². The van der Waals surface area contributed by atoms with Crippen LogP contribution in [0.4, 0.5) is 10.1 Å². The number of rotatable bonds is 8. The highest BCUT2D eigenvalue weighted by molar-refractivity contribution is 7.18. The number of aromatic nitrogens is 3. The van der Waals surface area contributed by atoms with Gasteiger partial charge in [-0.3, -0.25) is 4.79 Å². The third-order valence-corrected chi connectivity index (χ3v) is 7.23. The molecule has 202 valence electrons. The number of hydrogen-bond acceptors (Lipinski definition) is 8. The van der Waals surface area contributed by atoms with Gasteiger partial charge in [-0.2, -0.15) is 0 Å². The Labute approximate surface area is 231 Å². The number of carbonyl (C=O) groups excluding carboxylic acids is 1. The predicted molar refractivity (Wildman–Crippen MR) is 149 cm³/mol. The minimum absolute atomic E-state index is 0.235. The highest BCUT2D eigenvalue weighted by Gasteiger charge is 2.18. The number of carbonyl (C=O) groups is 1. The summed E-state index contributed by atoms with van der Waals surface area (Å²) in [6.07, 6.45) is 1.78. The number of furan rings is 1. The van der Waals surface area contributed by atoms with Crippen molar-refractivity contribution in [3.63, 3.8) is 0 Å². The quantitative estimate of drug-likeness (QED) is 0.219. The van der Waals surface area contributed by atoms with E-state index >= 15 is 0 Å². The van der Waals surface area contributed by atoms with E-state index < -0.39 is 5.82 Å². The summed E-state index contributed by atoms with van der Waals surface area (Å²) in [6, 6.07) is 18.4. The van der Waals surface area contributed by atoms with E-state index in [-0.39, 0.29) is 12.5 Å². The molecule has 0 unspecified atom stereocenters. The molecule has 40 heavy (non-hydrogen) atoms. The van der Waals surface area contributed by atoms with Gasteiger partial charge in [0.1, 0.15) is 35.2 Å². The normalized spacial score (nSPS) is 11.2. The van der Waals surface area contributed by atoms with E-state index in [1.807, 2.05) is 30.3 Å². The fourth-order valence-electron chi connectivity index (χ4n) is 4.25. The number of hydrogen-bond donors (Lipinski definition) is 0. The number of nitrogens with zero attached hydrogens (tertiary/aromatic N) is 4. The van der Waals surface area contributed by atoms with Crippen LogP contribution < -0.4 is 19.1 Å². The minimum atomic E-state index is -0.392. The van der Waals surface area contributed by atoms with Gasteiger partial charge in [0.2, 0.25) is 4.96 Å². The third-order valence-electron chi connectivity index (χ3n) is 6.35. The van der Waals surface area contributed by atoms with E-state index in [2.05, 4.69) is 10.1 Å². The van der Waals surface area contributed by atoms with Gasteiger partial charge in [-0.1, -0.05) is 12.1 Å². The Morgan fingerprint density at radius 3 is 2.65 bits per heavy atom. The van der Waals surface area contributed by atoms with Crippen molar-refractivity contribution in [1.29, 1.82) is 0 Å². The summed E-state index contributed by atoms with van der Waals surface area (Å²) in [5, 5.41) is 5.60. The molecule has 1 amide bonds. The number of benzene rings is 3. The molecule has 0 aliphatic rings. The summed E-state index contributed by atoms with van der Waals surface area (Å²) in [4.78, 5) is 19.7. The van der Waals surface area contributed by atoms with Crippen LogP contribution in [0.2, 0.25) is 0 Å². The molecule has 6 rings (SSSR count). The zero-order chi connectivity index (χ0) is 27.8. The molecule has 0 N–H and O–H groups in total. The molecule has 0 aliphatic heterocycles. The number of halogens is 1. The molecule has 9 nitrogen and oxygen atoms in total. The first-order chi connectivity index (χ1) is 19.4. The van der Waals surface area contributed by atoms with E-state index in [1.54, 1.807) is 44.1 Å². The van der Waals surface area contributed by atoms with Crippen molar-refractivity contribution in [3.05, 3.63) is 89.9 Å². The first-order valence-electron chi connectivity index (χ1n) is 12.2. The van der Waals surface area contributed by atoms with Crippen molar-refractivity contribution in [3.8, 4) is 28.1 Å². The third kappa shape index (κ3) is 4.82. The van der Waals surface area contributed by atoms with Crippen LogP contribution in [-0.4, -0.2) is 41.8 Å². The maximum Gasteiger partial charge on any atom is 0.294 e. The van der Waals surface area contributed by atoms with Gasteiger partial charge in [0.15, 0.2) is 5.76 Å². The topological polar surface area (TPSA) is 91.3 Å². The van der Waals surface area contributed by atoms with Crippen LogP contribution in [-0.2, 0) is 6.61 Å². The summed E-state index contributed by atoms with van der Waals surface area (Å²) < 4.78 is 37.9. The van der Waals surface area contributed by atoms with Crippen LogP contribution >= 0.6 is 11.3 Å². The first kappa shape index (κ1) is 25.4. The second kappa shape index (κ2) is 10.3. The fourth-order valence-corrected chi connectivity index (χ4v) is 4.95. The minimum Gasteiger partial charge on any atom is -0.496 e. The van der Waals surface area contributed by atoms with Crippen molar-refractivity contribution in [1.82, 2.24) is 14.6 Å². The number of methoxy groups -OCH3 is 2. The average Bonchev–Trinajstić information content (AvgIpc) is 3.69. The lowest BCUT2D eigenvalue weighted by atomic mass is 10.1. The SMILES string of the molecule is COc1cc(OCc2cccc(N(C)C(=O)c3ccc(F)cc3)c2)c2cc(-c3cn4nc(OC)sc4n3)oc2c1. The monoisotopic (exact) mass is 558 g/mol. The average molecular weight is 559 g/mol. The standard InChI is InChI=1S/C29H23FN4O5S/c1-33(27(35)18-7-9-19(30)10-8-18)20-6-4-5-17(11-20)16-38-24-12-21(36-2)13-25-22(24)14-26(39-25)23-15-34-28(31-23)40-29(32-34)37-3/h4-15H,16H2,1-3H3. The van der Waals surface area contributed by atoms with Gasteiger partial charge in [0.25, 0.3) is 11.1 Å². The lowest BCUT2D eigenvalue weighted by Gasteiger charge is -2.18. The smallest absolute Gasteiger partial charge is 0.294 e. The van der Waals surface area contributed by atoms with Crippen LogP contribution in [0.3, 0.4) is 0 Å². The molecule has 0 saturated carbocycles. The van der Waals surface area contributed by atoms with E-state index in [9.17, 15) is 9.18 Å². The molecule has 0 bridgehead atoms. The Kier molecular flexibility index (Phi) is 6.56. The molecular weight excluding hydrogens is 535 g/mol. The summed E-state index contributed by atoms with van der Waals surface area (Å²) in [5.74, 6) is 1.08. The van der Waals surface area contributed by atoms with Gasteiger partial charge in [-0.15, -0.1) is 5.10 Å². The van der Waals surface area contributed by atoms with Gasteiger partial charge in [0, 0.05) is 30.4 Å². The molecular formula is C29H23FN4O5S. The molecule has 0 fully saturated rings. The van der Waals surface area contributed by atoms with Gasteiger partial charge in [-0.05, 0) is 59.4 Å². The fraction of sp³-hybridized carbons (Fsp3) is 0.138. The van der Waals surface area contributed by atoms with Crippen molar-refractivity contribution >= 4 is 38.9 Å². The molecule has 11 heteroatoms. The van der Waals surface area contributed by atoms with Crippen LogP contribution in [0.15, 0.2) is 77.3 Å². The zero-order valence-electron chi connectivity index (χ0n) is 21.8. The number of fused-ring (bicyclic) bond motifs is 2.